The summed E-state index contributed by atoms with van der Waals surface area (Å²) in [6.45, 7) is 1.03. The molecular formula is C16H23N3OS. The topological polar surface area (TPSA) is 42.4 Å². The molecule has 0 saturated heterocycles. The van der Waals surface area contributed by atoms with Crippen LogP contribution in [0, 0.1) is 0 Å². The first-order chi connectivity index (χ1) is 9.99. The van der Waals surface area contributed by atoms with Gasteiger partial charge >= 0.3 is 0 Å². The molecule has 0 spiro atoms. The molecule has 1 aromatic carbocycles. The number of pyridine rings is 1. The largest absolute Gasteiger partial charge is 0.617 e. The van der Waals surface area contributed by atoms with Crippen molar-refractivity contribution in [2.45, 2.75) is 0 Å². The van der Waals surface area contributed by atoms with Crippen LogP contribution < -0.4 is 0 Å². The van der Waals surface area contributed by atoms with Crippen LogP contribution in [0.2, 0.25) is 0 Å². The maximum atomic E-state index is 9.56. The second-order valence-electron chi connectivity index (χ2n) is 4.89. The van der Waals surface area contributed by atoms with E-state index in [4.69, 9.17) is 0 Å². The average molecular weight is 305 g/mol. The fourth-order valence-electron chi connectivity index (χ4n) is 1.69. The van der Waals surface area contributed by atoms with Gasteiger partial charge in [-0.25, -0.2) is 0 Å². The molecule has 0 bridgehead atoms. The van der Waals surface area contributed by atoms with E-state index in [1.54, 1.807) is 12.5 Å². The van der Waals surface area contributed by atoms with Gasteiger partial charge in [-0.2, -0.15) is 0 Å². The average Bonchev–Trinajstić information content (AvgIpc) is 2.83. The van der Waals surface area contributed by atoms with Crippen molar-refractivity contribution >= 4 is 22.1 Å². The lowest BCUT2D eigenvalue weighted by Crippen LogP contribution is -2.17. The second kappa shape index (κ2) is 9.26. The fraction of sp³-hybridized carbons (Fsp3) is 0.312. The highest BCUT2D eigenvalue weighted by Crippen LogP contribution is 2.07. The highest BCUT2D eigenvalue weighted by molar-refractivity contribution is 7.89. The molecule has 0 unspecified atom stereocenters. The third-order valence-electron chi connectivity index (χ3n) is 2.53. The van der Waals surface area contributed by atoms with Gasteiger partial charge in [-0.1, -0.05) is 35.4 Å². The van der Waals surface area contributed by atoms with Gasteiger partial charge in [0.1, 0.15) is 0 Å². The zero-order valence-corrected chi connectivity index (χ0v) is 13.9. The molecule has 1 aromatic heterocycles. The monoisotopic (exact) mass is 305 g/mol. The first-order valence-electron chi connectivity index (χ1n) is 6.62. The minimum atomic E-state index is -0.611. The molecule has 0 fully saturated rings. The van der Waals surface area contributed by atoms with Crippen molar-refractivity contribution in [1.29, 1.82) is 0 Å². The van der Waals surface area contributed by atoms with Crippen LogP contribution >= 0.6 is 0 Å². The van der Waals surface area contributed by atoms with Crippen LogP contribution in [0.25, 0.3) is 10.9 Å². The molecule has 114 valence electrons. The van der Waals surface area contributed by atoms with E-state index < -0.39 is 11.2 Å². The van der Waals surface area contributed by atoms with Gasteiger partial charge in [0.15, 0.2) is 0 Å². The molecule has 0 amide bonds. The molecule has 3 rings (SSSR count). The summed E-state index contributed by atoms with van der Waals surface area (Å²) >= 11 is -0.611. The number of benzene rings is 1. The van der Waals surface area contributed by atoms with Gasteiger partial charge in [-0.3, -0.25) is 4.98 Å². The van der Waals surface area contributed by atoms with E-state index in [1.165, 1.54) is 5.39 Å². The molecule has 0 N–H and O–H groups in total. The van der Waals surface area contributed by atoms with Crippen molar-refractivity contribution in [2.75, 3.05) is 33.3 Å². The molecule has 0 radical (unpaired) electrons. The molecule has 1 aliphatic rings. The van der Waals surface area contributed by atoms with Crippen LogP contribution in [0.5, 0.6) is 0 Å². The van der Waals surface area contributed by atoms with Crippen LogP contribution in [0.1, 0.15) is 0 Å². The Morgan fingerprint density at radius 2 is 1.52 bits per heavy atom. The van der Waals surface area contributed by atoms with Gasteiger partial charge in [0.2, 0.25) is 0 Å². The van der Waals surface area contributed by atoms with E-state index in [9.17, 15) is 4.55 Å². The Balaban J connectivity index is 0.000000176. The maximum absolute atomic E-state index is 9.56. The van der Waals surface area contributed by atoms with Gasteiger partial charge in [0.05, 0.1) is 24.7 Å². The minimum absolute atomic E-state index is 0.611. The van der Waals surface area contributed by atoms with Gasteiger partial charge < -0.3 is 14.4 Å². The van der Waals surface area contributed by atoms with E-state index in [-0.39, 0.29) is 0 Å². The molecule has 4 nitrogen and oxygen atoms in total. The van der Waals surface area contributed by atoms with E-state index in [0.29, 0.717) is 0 Å². The molecule has 2 aromatic rings. The zero-order valence-electron chi connectivity index (χ0n) is 13.1. The highest BCUT2D eigenvalue weighted by atomic mass is 32.2. The van der Waals surface area contributed by atoms with Crippen molar-refractivity contribution in [1.82, 2.24) is 14.8 Å². The van der Waals surface area contributed by atoms with Crippen molar-refractivity contribution < 1.29 is 4.55 Å². The normalized spacial score (nSPS) is 12.9. The molecule has 1 aliphatic heterocycles. The summed E-state index contributed by atoms with van der Waals surface area (Å²) < 4.78 is 9.56. The second-order valence-corrected chi connectivity index (χ2v) is 6.37. The van der Waals surface area contributed by atoms with Crippen LogP contribution in [0.4, 0.5) is 0 Å². The number of rotatable bonds is 0. The lowest BCUT2D eigenvalue weighted by molar-refractivity contribution is 0.340. The maximum Gasteiger partial charge on any atom is 0.0946 e. The van der Waals surface area contributed by atoms with E-state index in [1.807, 2.05) is 30.5 Å². The zero-order chi connectivity index (χ0) is 15.7. The predicted octanol–water partition coefficient (Wildman–Crippen LogP) is 2.52. The van der Waals surface area contributed by atoms with E-state index in [2.05, 4.69) is 53.4 Å². The summed E-state index contributed by atoms with van der Waals surface area (Å²) in [5.41, 5.74) is 1.06. The van der Waals surface area contributed by atoms with E-state index in [0.717, 1.165) is 12.2 Å². The highest BCUT2D eigenvalue weighted by Gasteiger charge is 1.99. The summed E-state index contributed by atoms with van der Waals surface area (Å²) in [4.78, 5) is 8.43. The van der Waals surface area contributed by atoms with Gasteiger partial charge in [-0.05, 0) is 12.1 Å². The third-order valence-corrected chi connectivity index (χ3v) is 2.53. The van der Waals surface area contributed by atoms with Gasteiger partial charge in [0.25, 0.3) is 0 Å². The van der Waals surface area contributed by atoms with Crippen LogP contribution in [-0.2, 0) is 11.2 Å². The van der Waals surface area contributed by atoms with Crippen molar-refractivity contribution in [3.63, 3.8) is 0 Å². The number of nitrogens with zero attached hydrogens (tertiary/aromatic N) is 3. The summed E-state index contributed by atoms with van der Waals surface area (Å²) in [5.74, 6) is 0. The Kier molecular flexibility index (Phi) is 7.64. The van der Waals surface area contributed by atoms with Crippen molar-refractivity contribution in [3.8, 4) is 0 Å². The minimum Gasteiger partial charge on any atom is -0.617 e. The molecule has 2 heterocycles. The summed E-state index contributed by atoms with van der Waals surface area (Å²) in [6, 6.07) is 12.1. The number of fused-ring (bicyclic) bond motifs is 1. The Morgan fingerprint density at radius 3 is 2.00 bits per heavy atom. The van der Waals surface area contributed by atoms with Gasteiger partial charge in [0, 0.05) is 38.1 Å². The molecule has 21 heavy (non-hydrogen) atoms. The quantitative estimate of drug-likeness (QED) is 0.702. The first kappa shape index (κ1) is 17.3. The standard InChI is InChI=1S/C9H7N.C5H10N2.C2H6OS/c1-2-6-9-8(4-1)5-3-7-10-9;1-6-3-4-7(2)5-6;1-4(2)3/h1-7H;3-4H,5H2,1-2H3;1-2H3. The Hall–Kier alpha value is -1.72. The SMILES string of the molecule is CN1C=CN(C)C1.C[S+](C)[O-].c1ccc2ncccc2c1. The first-order valence-corrected chi connectivity index (χ1v) is 8.59. The van der Waals surface area contributed by atoms with Crippen LogP contribution in [0.15, 0.2) is 55.0 Å². The number of aromatic nitrogens is 1. The summed E-state index contributed by atoms with van der Waals surface area (Å²) in [6.07, 6.45) is 9.20. The lowest BCUT2D eigenvalue weighted by Gasteiger charge is -2.10. The molecule has 0 saturated carbocycles. The summed E-state index contributed by atoms with van der Waals surface area (Å²) in [7, 11) is 4.11. The summed E-state index contributed by atoms with van der Waals surface area (Å²) in [5, 5.41) is 1.20. The van der Waals surface area contributed by atoms with Gasteiger partial charge in [-0.15, -0.1) is 0 Å². The smallest absolute Gasteiger partial charge is 0.0946 e. The number of para-hydroxylation sites is 1. The van der Waals surface area contributed by atoms with Crippen LogP contribution in [0.3, 0.4) is 0 Å². The van der Waals surface area contributed by atoms with Crippen molar-refractivity contribution in [3.05, 3.63) is 55.0 Å². The lowest BCUT2D eigenvalue weighted by atomic mass is 10.2. The van der Waals surface area contributed by atoms with Crippen LogP contribution in [-0.4, -0.2) is 52.6 Å². The van der Waals surface area contributed by atoms with E-state index >= 15 is 0 Å². The molecule has 0 atom stereocenters. The number of hydrogen-bond acceptors (Lipinski definition) is 4. The third kappa shape index (κ3) is 7.58. The molecule has 0 aliphatic carbocycles. The Bertz CT molecular complexity index is 482. The number of hydrogen-bond donors (Lipinski definition) is 0. The Labute approximate surface area is 130 Å². The van der Waals surface area contributed by atoms with Crippen molar-refractivity contribution in [2.24, 2.45) is 0 Å². The fourth-order valence-corrected chi connectivity index (χ4v) is 1.69. The Morgan fingerprint density at radius 1 is 1.00 bits per heavy atom. The predicted molar refractivity (Wildman–Crippen MR) is 91.3 cm³/mol. The molecule has 5 heteroatoms. The molecular weight excluding hydrogens is 282 g/mol.